The average molecular weight is 465 g/mol. The number of rotatable bonds is 11. The van der Waals surface area contributed by atoms with E-state index in [1.54, 1.807) is 6.66 Å². The highest BCUT2D eigenvalue weighted by atomic mass is 31.2. The molecule has 0 fully saturated rings. The van der Waals surface area contributed by atoms with E-state index in [1.807, 2.05) is 110 Å². The van der Waals surface area contributed by atoms with Crippen molar-refractivity contribution in [3.05, 3.63) is 102 Å². The Morgan fingerprint density at radius 2 is 1.42 bits per heavy atom. The Morgan fingerprint density at radius 3 is 1.97 bits per heavy atom. The van der Waals surface area contributed by atoms with Gasteiger partial charge < -0.3 is 4.57 Å². The van der Waals surface area contributed by atoms with Crippen LogP contribution in [0.15, 0.2) is 91.0 Å². The molecule has 0 saturated heterocycles. The topological polar surface area (TPSA) is 58.6 Å². The zero-order valence-electron chi connectivity index (χ0n) is 19.6. The molecule has 6 heteroatoms. The van der Waals surface area contributed by atoms with Crippen molar-refractivity contribution < 1.29 is 14.2 Å². The molecule has 0 spiro atoms. The quantitative estimate of drug-likeness (QED) is 0.300. The first-order valence-corrected chi connectivity index (χ1v) is 13.4. The summed E-state index contributed by atoms with van der Waals surface area (Å²) in [6.07, 6.45) is 1.29. The molecule has 1 unspecified atom stereocenters. The third-order valence-electron chi connectivity index (χ3n) is 5.91. The summed E-state index contributed by atoms with van der Waals surface area (Å²) in [6, 6.07) is 28.9. The van der Waals surface area contributed by atoms with Crippen molar-refractivity contribution in [1.29, 1.82) is 0 Å². The second-order valence-electron chi connectivity index (χ2n) is 8.49. The Bertz CT molecular complexity index is 1060. The number of hydroxylamine groups is 1. The van der Waals surface area contributed by atoms with Gasteiger partial charge in [0, 0.05) is 18.5 Å². The van der Waals surface area contributed by atoms with Crippen molar-refractivity contribution in [3.8, 4) is 0 Å². The summed E-state index contributed by atoms with van der Waals surface area (Å²) in [4.78, 5) is 19.1. The minimum absolute atomic E-state index is 0.260. The highest BCUT2D eigenvalue weighted by Gasteiger charge is 2.46. The zero-order chi connectivity index (χ0) is 23.7. The zero-order valence-corrected chi connectivity index (χ0v) is 20.5. The molecule has 33 heavy (non-hydrogen) atoms. The number of hydrogen-bond acceptors (Lipinski definition) is 3. The minimum Gasteiger partial charge on any atom is -0.302 e. The van der Waals surface area contributed by atoms with Crippen LogP contribution in [0.5, 0.6) is 0 Å². The summed E-state index contributed by atoms with van der Waals surface area (Å²) in [5.41, 5.74) is 3.56. The molecule has 3 aromatic rings. The van der Waals surface area contributed by atoms with Crippen molar-refractivity contribution >= 4 is 18.5 Å². The van der Waals surface area contributed by atoms with Gasteiger partial charge in [-0.15, -0.1) is 0 Å². The number of hydrogen-bond donors (Lipinski definition) is 1. The van der Waals surface area contributed by atoms with E-state index in [9.17, 15) is 9.36 Å². The number of carbonyl (C=O) groups excluding carboxylic acids is 1. The average Bonchev–Trinajstić information content (AvgIpc) is 2.84. The summed E-state index contributed by atoms with van der Waals surface area (Å²) >= 11 is 0. The molecule has 0 aliphatic carbocycles. The Kier molecular flexibility index (Phi) is 8.62. The van der Waals surface area contributed by atoms with E-state index in [0.717, 1.165) is 22.9 Å². The Labute approximate surface area is 197 Å². The van der Waals surface area contributed by atoms with Crippen LogP contribution in [0.4, 0.5) is 0 Å². The van der Waals surface area contributed by atoms with E-state index in [2.05, 4.69) is 5.48 Å². The monoisotopic (exact) mass is 464 g/mol. The van der Waals surface area contributed by atoms with Crippen LogP contribution >= 0.6 is 7.29 Å². The van der Waals surface area contributed by atoms with Gasteiger partial charge in [-0.1, -0.05) is 104 Å². The van der Waals surface area contributed by atoms with Gasteiger partial charge >= 0.3 is 0 Å². The van der Waals surface area contributed by atoms with E-state index < -0.39 is 12.8 Å². The molecule has 5 nitrogen and oxygen atoms in total. The predicted octanol–water partition coefficient (Wildman–Crippen LogP) is 5.53. The Balaban J connectivity index is 1.92. The van der Waals surface area contributed by atoms with E-state index in [4.69, 9.17) is 4.84 Å². The number of nitrogens with one attached hydrogen (secondary N) is 1. The molecule has 174 valence electrons. The van der Waals surface area contributed by atoms with E-state index in [1.165, 1.54) is 0 Å². The van der Waals surface area contributed by atoms with Crippen molar-refractivity contribution in [3.63, 3.8) is 0 Å². The fourth-order valence-electron chi connectivity index (χ4n) is 4.05. The molecule has 0 bridgehead atoms. The molecule has 2 atom stereocenters. The number of amides is 1. The summed E-state index contributed by atoms with van der Waals surface area (Å²) < 4.78 is 16.2. The highest BCUT2D eigenvalue weighted by molar-refractivity contribution is 7.68. The van der Waals surface area contributed by atoms with Gasteiger partial charge in [0.2, 0.25) is 0 Å². The van der Waals surface area contributed by atoms with Gasteiger partial charge in [-0.3, -0.25) is 9.63 Å². The van der Waals surface area contributed by atoms with Crippen LogP contribution in [0.1, 0.15) is 37.8 Å². The molecule has 3 rings (SSSR count). The number of nitrogens with zero attached hydrogens (tertiary/aromatic N) is 1. The molecule has 0 aliphatic rings. The SMILES string of the molecule is CCC[C@](C)(C(=O)NOCc1ccccc1)N(Cc1ccccc1)P(C)(=O)c1ccccc1. The summed E-state index contributed by atoms with van der Waals surface area (Å²) in [5.74, 6) is -0.297. The van der Waals surface area contributed by atoms with Gasteiger partial charge in [-0.25, -0.2) is 10.2 Å². The lowest BCUT2D eigenvalue weighted by atomic mass is 9.94. The van der Waals surface area contributed by atoms with Crippen LogP contribution in [-0.2, 0) is 27.3 Å². The van der Waals surface area contributed by atoms with Gasteiger partial charge in [-0.2, -0.15) is 0 Å². The van der Waals surface area contributed by atoms with Gasteiger partial charge in [0.1, 0.15) is 5.54 Å². The molecule has 1 N–H and O–H groups in total. The number of carbonyl (C=O) groups is 1. The largest absolute Gasteiger partial charge is 0.302 e. The van der Waals surface area contributed by atoms with Crippen molar-refractivity contribution in [2.75, 3.05) is 6.66 Å². The maximum Gasteiger partial charge on any atom is 0.264 e. The third-order valence-corrected chi connectivity index (χ3v) is 8.67. The minimum atomic E-state index is -3.10. The van der Waals surface area contributed by atoms with E-state index in [-0.39, 0.29) is 12.5 Å². The standard InChI is InChI=1S/C27H33N2O3P/c1-4-20-27(2,26(30)28-32-22-24-16-10-6-11-17-24)29(21-23-14-8-5-9-15-23)33(3,31)25-18-12-7-13-19-25/h5-19H,4,20-22H2,1-3H3,(H,28,30)/t27-,33?/m1/s1. The normalized spacial score (nSPS) is 14.9. The van der Waals surface area contributed by atoms with Crippen LogP contribution in [0, 0.1) is 0 Å². The maximum absolute atomic E-state index is 14.3. The second-order valence-corrected chi connectivity index (χ2v) is 11.2. The van der Waals surface area contributed by atoms with Gasteiger partial charge in [0.05, 0.1) is 6.61 Å². The molecule has 0 saturated carbocycles. The maximum atomic E-state index is 14.3. The summed E-state index contributed by atoms with van der Waals surface area (Å²) in [6.45, 7) is 6.28. The fraction of sp³-hybridized carbons (Fsp3) is 0.296. The third kappa shape index (κ3) is 6.20. The van der Waals surface area contributed by atoms with Crippen LogP contribution in [0.2, 0.25) is 0 Å². The van der Waals surface area contributed by atoms with Gasteiger partial charge in [-0.05, 0) is 24.5 Å². The lowest BCUT2D eigenvalue weighted by Crippen LogP contribution is -2.55. The molecule has 0 radical (unpaired) electrons. The van der Waals surface area contributed by atoms with Gasteiger partial charge in [0.25, 0.3) is 5.91 Å². The predicted molar refractivity (Wildman–Crippen MR) is 134 cm³/mol. The smallest absolute Gasteiger partial charge is 0.264 e. The Hall–Kier alpha value is -2.72. The van der Waals surface area contributed by atoms with E-state index >= 15 is 0 Å². The Morgan fingerprint density at radius 1 is 0.909 bits per heavy atom. The van der Waals surface area contributed by atoms with Crippen LogP contribution in [0.25, 0.3) is 0 Å². The van der Waals surface area contributed by atoms with Crippen molar-refractivity contribution in [2.45, 2.75) is 45.4 Å². The highest BCUT2D eigenvalue weighted by Crippen LogP contribution is 2.51. The lowest BCUT2D eigenvalue weighted by molar-refractivity contribution is -0.144. The summed E-state index contributed by atoms with van der Waals surface area (Å²) in [5, 5.41) is 0.723. The lowest BCUT2D eigenvalue weighted by Gasteiger charge is -2.43. The van der Waals surface area contributed by atoms with Crippen LogP contribution < -0.4 is 10.8 Å². The van der Waals surface area contributed by atoms with Crippen molar-refractivity contribution in [1.82, 2.24) is 10.2 Å². The number of benzene rings is 3. The molecule has 0 aliphatic heterocycles. The van der Waals surface area contributed by atoms with Crippen LogP contribution in [-0.4, -0.2) is 22.8 Å². The molecule has 0 heterocycles. The van der Waals surface area contributed by atoms with E-state index in [0.29, 0.717) is 13.0 Å². The van der Waals surface area contributed by atoms with Crippen molar-refractivity contribution in [2.24, 2.45) is 0 Å². The molecule has 1 amide bonds. The molecule has 0 aromatic heterocycles. The molecule has 3 aromatic carbocycles. The fourth-order valence-corrected chi connectivity index (χ4v) is 6.52. The van der Waals surface area contributed by atoms with Gasteiger partial charge in [0.15, 0.2) is 7.29 Å². The summed E-state index contributed by atoms with van der Waals surface area (Å²) in [7, 11) is -3.10. The molecular weight excluding hydrogens is 431 g/mol. The second kappa shape index (κ2) is 11.4. The van der Waals surface area contributed by atoms with Crippen LogP contribution in [0.3, 0.4) is 0 Å². The first kappa shape index (κ1) is 24.9. The first-order valence-electron chi connectivity index (χ1n) is 11.3. The first-order chi connectivity index (χ1) is 15.9. The molecular formula is C27H33N2O3P.